The van der Waals surface area contributed by atoms with Gasteiger partial charge >= 0.3 is 5.97 Å². The van der Waals surface area contributed by atoms with Crippen molar-refractivity contribution >= 4 is 11.9 Å². The summed E-state index contributed by atoms with van der Waals surface area (Å²) in [6.07, 6.45) is 8.56. The standard InChI is InChI=1S/C12H15N3O3/c1-4-15(9(3)16)11(12(17)18-5-2)6-10-7-13-8-14-10/h1,7-8,11H,5-6H2,2-3H3,(H,13,14). The molecule has 18 heavy (non-hydrogen) atoms. The SMILES string of the molecule is C#CN(C(C)=O)C(Cc1cnc[nH]1)C(=O)OCC. The van der Waals surface area contributed by atoms with Gasteiger partial charge in [-0.15, -0.1) is 0 Å². The van der Waals surface area contributed by atoms with Crippen molar-refractivity contribution < 1.29 is 14.3 Å². The molecule has 1 unspecified atom stereocenters. The Balaban J connectivity index is 2.90. The first kappa shape index (κ1) is 13.8. The number of hydrogen-bond donors (Lipinski definition) is 1. The van der Waals surface area contributed by atoms with Gasteiger partial charge in [0.25, 0.3) is 0 Å². The van der Waals surface area contributed by atoms with Crippen molar-refractivity contribution in [3.05, 3.63) is 18.2 Å². The summed E-state index contributed by atoms with van der Waals surface area (Å²) in [5.41, 5.74) is 0.703. The van der Waals surface area contributed by atoms with Crippen LogP contribution >= 0.6 is 0 Å². The second-order valence-electron chi connectivity index (χ2n) is 3.57. The van der Waals surface area contributed by atoms with Crippen molar-refractivity contribution in [3.8, 4) is 12.5 Å². The van der Waals surface area contributed by atoms with Crippen LogP contribution in [0.2, 0.25) is 0 Å². The second-order valence-corrected chi connectivity index (χ2v) is 3.57. The second kappa shape index (κ2) is 6.45. The largest absolute Gasteiger partial charge is 0.464 e. The van der Waals surface area contributed by atoms with E-state index in [1.54, 1.807) is 13.1 Å². The first-order valence-electron chi connectivity index (χ1n) is 5.50. The molecule has 0 saturated heterocycles. The first-order chi connectivity index (χ1) is 8.60. The minimum atomic E-state index is -0.840. The Morgan fingerprint density at radius 1 is 1.67 bits per heavy atom. The van der Waals surface area contributed by atoms with Gasteiger partial charge in [0.05, 0.1) is 12.9 Å². The molecule has 0 aliphatic heterocycles. The number of ether oxygens (including phenoxy) is 1. The third-order valence-corrected chi connectivity index (χ3v) is 2.32. The van der Waals surface area contributed by atoms with Crippen molar-refractivity contribution in [2.45, 2.75) is 26.3 Å². The van der Waals surface area contributed by atoms with Crippen molar-refractivity contribution in [2.24, 2.45) is 0 Å². The highest BCUT2D eigenvalue weighted by molar-refractivity contribution is 5.84. The number of carbonyl (C=O) groups is 2. The molecule has 0 aromatic carbocycles. The monoisotopic (exact) mass is 249 g/mol. The zero-order chi connectivity index (χ0) is 13.5. The van der Waals surface area contributed by atoms with Gasteiger partial charge in [-0.2, -0.15) is 0 Å². The van der Waals surface area contributed by atoms with Gasteiger partial charge in [-0.1, -0.05) is 6.42 Å². The van der Waals surface area contributed by atoms with Gasteiger partial charge in [0.15, 0.2) is 0 Å². The number of terminal acetylenes is 1. The molecule has 1 atom stereocenters. The minimum absolute atomic E-state index is 0.231. The van der Waals surface area contributed by atoms with Gasteiger partial charge in [-0.3, -0.25) is 9.69 Å². The smallest absolute Gasteiger partial charge is 0.330 e. The summed E-state index contributed by atoms with van der Waals surface area (Å²) >= 11 is 0. The number of aromatic nitrogens is 2. The van der Waals surface area contributed by atoms with Crippen LogP contribution in [0.5, 0.6) is 0 Å². The molecule has 0 bridgehead atoms. The molecule has 1 N–H and O–H groups in total. The summed E-state index contributed by atoms with van der Waals surface area (Å²) < 4.78 is 4.92. The molecule has 1 heterocycles. The van der Waals surface area contributed by atoms with Crippen LogP contribution in [0.15, 0.2) is 12.5 Å². The van der Waals surface area contributed by atoms with Crippen molar-refractivity contribution in [1.29, 1.82) is 0 Å². The Morgan fingerprint density at radius 2 is 2.39 bits per heavy atom. The predicted molar refractivity (Wildman–Crippen MR) is 64.1 cm³/mol. The van der Waals surface area contributed by atoms with Gasteiger partial charge in [-0.25, -0.2) is 9.78 Å². The molecule has 0 saturated carbocycles. The highest BCUT2D eigenvalue weighted by Gasteiger charge is 2.29. The number of nitrogens with one attached hydrogen (secondary N) is 1. The molecular formula is C12H15N3O3. The Kier molecular flexibility index (Phi) is 4.93. The van der Waals surface area contributed by atoms with E-state index < -0.39 is 12.0 Å². The summed E-state index contributed by atoms with van der Waals surface area (Å²) in [7, 11) is 0. The average Bonchev–Trinajstić information content (AvgIpc) is 2.81. The fourth-order valence-corrected chi connectivity index (χ4v) is 1.52. The summed E-state index contributed by atoms with van der Waals surface area (Å²) in [5, 5.41) is 0. The lowest BCUT2D eigenvalue weighted by atomic mass is 10.1. The Hall–Kier alpha value is -2.29. The molecular weight excluding hydrogens is 234 g/mol. The number of carbonyl (C=O) groups excluding carboxylic acids is 2. The molecule has 1 aromatic heterocycles. The quantitative estimate of drug-likeness (QED) is 0.463. The van der Waals surface area contributed by atoms with Crippen molar-refractivity contribution in [2.75, 3.05) is 6.61 Å². The van der Waals surface area contributed by atoms with Gasteiger partial charge < -0.3 is 9.72 Å². The number of rotatable bonds is 5. The maximum atomic E-state index is 11.8. The molecule has 1 aromatic rings. The lowest BCUT2D eigenvalue weighted by Crippen LogP contribution is -2.43. The van der Waals surface area contributed by atoms with Crippen LogP contribution < -0.4 is 0 Å². The van der Waals surface area contributed by atoms with E-state index in [-0.39, 0.29) is 18.9 Å². The molecule has 0 aliphatic rings. The van der Waals surface area contributed by atoms with Crippen LogP contribution in [0, 0.1) is 12.5 Å². The van der Waals surface area contributed by atoms with Crippen molar-refractivity contribution in [1.82, 2.24) is 14.9 Å². The molecule has 6 heteroatoms. The van der Waals surface area contributed by atoms with Gasteiger partial charge in [0, 0.05) is 31.3 Å². The normalized spacial score (nSPS) is 11.4. The molecule has 0 radical (unpaired) electrons. The molecule has 1 amide bonds. The average molecular weight is 249 g/mol. The van der Waals surface area contributed by atoms with Crippen LogP contribution in [0.4, 0.5) is 0 Å². The lowest BCUT2D eigenvalue weighted by molar-refractivity contribution is -0.151. The van der Waals surface area contributed by atoms with Gasteiger partial charge in [0.2, 0.25) is 5.91 Å². The maximum Gasteiger partial charge on any atom is 0.330 e. The Labute approximate surface area is 105 Å². The van der Waals surface area contributed by atoms with E-state index in [1.807, 2.05) is 0 Å². The molecule has 0 fully saturated rings. The highest BCUT2D eigenvalue weighted by Crippen LogP contribution is 2.08. The minimum Gasteiger partial charge on any atom is -0.464 e. The van der Waals surface area contributed by atoms with E-state index in [0.717, 1.165) is 4.90 Å². The third-order valence-electron chi connectivity index (χ3n) is 2.32. The first-order valence-corrected chi connectivity index (χ1v) is 5.50. The number of nitrogens with zero attached hydrogens (tertiary/aromatic N) is 2. The summed E-state index contributed by atoms with van der Waals surface area (Å²) in [5.74, 6) is -0.907. The summed E-state index contributed by atoms with van der Waals surface area (Å²) in [4.78, 5) is 31.0. The molecule has 0 spiro atoms. The topological polar surface area (TPSA) is 75.3 Å². The van der Waals surface area contributed by atoms with Crippen LogP contribution in [0.25, 0.3) is 0 Å². The number of hydrogen-bond acceptors (Lipinski definition) is 4. The number of imidazole rings is 1. The number of esters is 1. The van der Waals surface area contributed by atoms with Gasteiger partial charge in [-0.05, 0) is 6.92 Å². The third kappa shape index (κ3) is 3.35. The maximum absolute atomic E-state index is 11.8. The zero-order valence-electron chi connectivity index (χ0n) is 10.3. The predicted octanol–water partition coefficient (Wildman–Crippen LogP) is 0.323. The van der Waals surface area contributed by atoms with E-state index in [4.69, 9.17) is 11.2 Å². The summed E-state index contributed by atoms with van der Waals surface area (Å²) in [6, 6.07) is 1.36. The van der Waals surface area contributed by atoms with Crippen molar-refractivity contribution in [3.63, 3.8) is 0 Å². The van der Waals surface area contributed by atoms with E-state index in [1.165, 1.54) is 13.3 Å². The van der Waals surface area contributed by atoms with E-state index in [0.29, 0.717) is 5.69 Å². The Bertz CT molecular complexity index is 448. The summed E-state index contributed by atoms with van der Waals surface area (Å²) in [6.45, 7) is 3.23. The van der Waals surface area contributed by atoms with Gasteiger partial charge in [0.1, 0.15) is 6.04 Å². The molecule has 0 aliphatic carbocycles. The highest BCUT2D eigenvalue weighted by atomic mass is 16.5. The lowest BCUT2D eigenvalue weighted by Gasteiger charge is -2.23. The fraction of sp³-hybridized carbons (Fsp3) is 0.417. The molecule has 1 rings (SSSR count). The van der Waals surface area contributed by atoms with Crippen LogP contribution in [-0.2, 0) is 20.7 Å². The van der Waals surface area contributed by atoms with Crippen LogP contribution in [0.3, 0.4) is 0 Å². The number of aromatic amines is 1. The van der Waals surface area contributed by atoms with Crippen LogP contribution in [0.1, 0.15) is 19.5 Å². The molecule has 6 nitrogen and oxygen atoms in total. The molecule has 96 valence electrons. The van der Waals surface area contributed by atoms with Crippen LogP contribution in [-0.4, -0.2) is 39.4 Å². The van der Waals surface area contributed by atoms with E-state index in [9.17, 15) is 9.59 Å². The van der Waals surface area contributed by atoms with E-state index in [2.05, 4.69) is 16.0 Å². The fourth-order valence-electron chi connectivity index (χ4n) is 1.52. The number of amides is 1. The number of H-pyrrole nitrogens is 1. The zero-order valence-corrected chi connectivity index (χ0v) is 10.3. The van der Waals surface area contributed by atoms with E-state index >= 15 is 0 Å². The Morgan fingerprint density at radius 3 is 2.83 bits per heavy atom.